The van der Waals surface area contributed by atoms with Gasteiger partial charge in [0.1, 0.15) is 5.69 Å². The molecule has 0 fully saturated rings. The highest BCUT2D eigenvalue weighted by molar-refractivity contribution is 6.13. The van der Waals surface area contributed by atoms with Crippen LogP contribution in [-0.4, -0.2) is 23.5 Å². The van der Waals surface area contributed by atoms with E-state index < -0.39 is 5.97 Å². The third kappa shape index (κ3) is 2.91. The normalized spacial score (nSPS) is 10.5. The second kappa shape index (κ2) is 6.31. The van der Waals surface area contributed by atoms with E-state index in [9.17, 15) is 9.59 Å². The number of furan rings is 1. The van der Waals surface area contributed by atoms with E-state index in [1.165, 1.54) is 0 Å². The van der Waals surface area contributed by atoms with Gasteiger partial charge >= 0.3 is 5.97 Å². The molecule has 0 aliphatic rings. The lowest BCUT2D eigenvalue weighted by Crippen LogP contribution is -2.14. The molecule has 1 aromatic carbocycles. The number of rotatable bonds is 4. The number of nitrogens with zero attached hydrogens (tertiary/aromatic N) is 1. The van der Waals surface area contributed by atoms with Crippen LogP contribution in [0.5, 0.6) is 0 Å². The van der Waals surface area contributed by atoms with Crippen molar-refractivity contribution >= 4 is 28.7 Å². The molecule has 0 bridgehead atoms. The van der Waals surface area contributed by atoms with Crippen LogP contribution in [0.25, 0.3) is 11.1 Å². The smallest absolute Gasteiger partial charge is 0.376 e. The van der Waals surface area contributed by atoms with Gasteiger partial charge in [0.05, 0.1) is 12.0 Å². The summed E-state index contributed by atoms with van der Waals surface area (Å²) in [5.74, 6) is -1.05. The van der Waals surface area contributed by atoms with Gasteiger partial charge in [0.25, 0.3) is 5.91 Å². The Labute approximate surface area is 132 Å². The maximum atomic E-state index is 12.4. The number of esters is 1. The number of hydrogen-bond acceptors (Lipinski definition) is 5. The lowest BCUT2D eigenvalue weighted by Gasteiger charge is -2.05. The van der Waals surface area contributed by atoms with E-state index in [-0.39, 0.29) is 29.7 Å². The first-order valence-corrected chi connectivity index (χ1v) is 7.11. The fourth-order valence-electron chi connectivity index (χ4n) is 2.17. The highest BCUT2D eigenvalue weighted by atomic mass is 16.5. The van der Waals surface area contributed by atoms with Crippen LogP contribution in [0.4, 0.5) is 5.69 Å². The summed E-state index contributed by atoms with van der Waals surface area (Å²) in [5.41, 5.74) is 1.000. The number of aromatic nitrogens is 1. The van der Waals surface area contributed by atoms with Crippen LogP contribution in [0, 0.1) is 0 Å². The number of anilines is 1. The van der Waals surface area contributed by atoms with E-state index in [4.69, 9.17) is 9.15 Å². The topological polar surface area (TPSA) is 81.4 Å². The van der Waals surface area contributed by atoms with Crippen LogP contribution in [0.2, 0.25) is 0 Å². The van der Waals surface area contributed by atoms with Crippen LogP contribution in [0.3, 0.4) is 0 Å². The number of pyridine rings is 1. The zero-order valence-corrected chi connectivity index (χ0v) is 12.4. The van der Waals surface area contributed by atoms with Gasteiger partial charge in [0.15, 0.2) is 0 Å². The molecule has 0 radical (unpaired) electrons. The number of amides is 1. The molecule has 0 aliphatic carbocycles. The van der Waals surface area contributed by atoms with Crippen molar-refractivity contribution in [2.45, 2.75) is 6.92 Å². The summed E-state index contributed by atoms with van der Waals surface area (Å²) >= 11 is 0. The molecule has 116 valence electrons. The summed E-state index contributed by atoms with van der Waals surface area (Å²) in [4.78, 5) is 28.5. The zero-order valence-electron chi connectivity index (χ0n) is 12.4. The fraction of sp³-hybridized carbons (Fsp3) is 0.118. The molecular formula is C17H14N2O4. The summed E-state index contributed by atoms with van der Waals surface area (Å²) in [6.07, 6.45) is 1.55. The quantitative estimate of drug-likeness (QED) is 0.748. The standard InChI is InChI=1S/C17H14N2O4/c1-2-22-17(21)14-13(12-9-6-10-18-16(12)23-14)19-15(20)11-7-4-3-5-8-11/h3-10H,2H2,1H3,(H,19,20). The molecule has 2 heterocycles. The van der Waals surface area contributed by atoms with Gasteiger partial charge in [0.2, 0.25) is 11.5 Å². The third-order valence-corrected chi connectivity index (χ3v) is 3.20. The van der Waals surface area contributed by atoms with Gasteiger partial charge < -0.3 is 14.5 Å². The number of nitrogens with one attached hydrogen (secondary N) is 1. The molecule has 0 saturated heterocycles. The van der Waals surface area contributed by atoms with Crippen molar-refractivity contribution in [2.24, 2.45) is 0 Å². The molecule has 6 nitrogen and oxygen atoms in total. The van der Waals surface area contributed by atoms with Crippen molar-refractivity contribution in [3.63, 3.8) is 0 Å². The monoisotopic (exact) mass is 310 g/mol. The Morgan fingerprint density at radius 1 is 1.17 bits per heavy atom. The summed E-state index contributed by atoms with van der Waals surface area (Å²) < 4.78 is 10.4. The Bertz CT molecular complexity index is 855. The highest BCUT2D eigenvalue weighted by Gasteiger charge is 2.24. The molecule has 1 amide bonds. The molecular weight excluding hydrogens is 296 g/mol. The van der Waals surface area contributed by atoms with Crippen molar-refractivity contribution in [1.82, 2.24) is 4.98 Å². The predicted octanol–water partition coefficient (Wildman–Crippen LogP) is 3.26. The molecule has 0 aliphatic heterocycles. The Morgan fingerprint density at radius 2 is 1.96 bits per heavy atom. The average Bonchev–Trinajstić information content (AvgIpc) is 2.95. The van der Waals surface area contributed by atoms with Crippen LogP contribution >= 0.6 is 0 Å². The van der Waals surface area contributed by atoms with E-state index in [1.54, 1.807) is 49.5 Å². The van der Waals surface area contributed by atoms with Crippen molar-refractivity contribution in [3.05, 3.63) is 60.0 Å². The Hall–Kier alpha value is -3.15. The first kappa shape index (κ1) is 14.8. The van der Waals surface area contributed by atoms with E-state index in [2.05, 4.69) is 10.3 Å². The summed E-state index contributed by atoms with van der Waals surface area (Å²) in [6.45, 7) is 1.90. The predicted molar refractivity (Wildman–Crippen MR) is 84.4 cm³/mol. The maximum Gasteiger partial charge on any atom is 0.376 e. The van der Waals surface area contributed by atoms with Gasteiger partial charge in [-0.1, -0.05) is 18.2 Å². The molecule has 6 heteroatoms. The van der Waals surface area contributed by atoms with Gasteiger partial charge in [-0.3, -0.25) is 4.79 Å². The van der Waals surface area contributed by atoms with Gasteiger partial charge in [-0.2, -0.15) is 0 Å². The summed E-state index contributed by atoms with van der Waals surface area (Å²) in [5, 5.41) is 3.26. The van der Waals surface area contributed by atoms with Crippen molar-refractivity contribution in [2.75, 3.05) is 11.9 Å². The first-order valence-electron chi connectivity index (χ1n) is 7.11. The van der Waals surface area contributed by atoms with Gasteiger partial charge in [0, 0.05) is 11.8 Å². The molecule has 1 N–H and O–H groups in total. The first-order chi connectivity index (χ1) is 11.2. The second-order valence-corrected chi connectivity index (χ2v) is 4.70. The summed E-state index contributed by atoms with van der Waals surface area (Å²) in [7, 11) is 0. The SMILES string of the molecule is CCOC(=O)c1oc2ncccc2c1NC(=O)c1ccccc1. The lowest BCUT2D eigenvalue weighted by molar-refractivity contribution is 0.0494. The Kier molecular flexibility index (Phi) is 4.05. The minimum Gasteiger partial charge on any atom is -0.460 e. The number of ether oxygens (including phenoxy) is 1. The van der Waals surface area contributed by atoms with Gasteiger partial charge in [-0.25, -0.2) is 9.78 Å². The van der Waals surface area contributed by atoms with Crippen LogP contribution in [0.1, 0.15) is 27.8 Å². The van der Waals surface area contributed by atoms with Crippen LogP contribution < -0.4 is 5.32 Å². The molecule has 23 heavy (non-hydrogen) atoms. The molecule has 3 aromatic rings. The number of benzene rings is 1. The fourth-order valence-corrected chi connectivity index (χ4v) is 2.17. The zero-order chi connectivity index (χ0) is 16.2. The van der Waals surface area contributed by atoms with E-state index in [0.717, 1.165) is 0 Å². The minimum atomic E-state index is -0.645. The number of hydrogen-bond donors (Lipinski definition) is 1. The van der Waals surface area contributed by atoms with Crippen molar-refractivity contribution in [1.29, 1.82) is 0 Å². The number of fused-ring (bicyclic) bond motifs is 1. The number of carbonyl (C=O) groups excluding carboxylic acids is 2. The van der Waals surface area contributed by atoms with E-state index >= 15 is 0 Å². The molecule has 0 atom stereocenters. The minimum absolute atomic E-state index is 0.0650. The van der Waals surface area contributed by atoms with Crippen LogP contribution in [-0.2, 0) is 4.74 Å². The maximum absolute atomic E-state index is 12.4. The summed E-state index contributed by atoms with van der Waals surface area (Å²) in [6, 6.07) is 12.1. The molecule has 0 saturated carbocycles. The molecule has 0 spiro atoms. The molecule has 3 rings (SSSR count). The van der Waals surface area contributed by atoms with Crippen molar-refractivity contribution in [3.8, 4) is 0 Å². The average molecular weight is 310 g/mol. The molecule has 2 aromatic heterocycles. The van der Waals surface area contributed by atoms with Gasteiger partial charge in [-0.05, 0) is 31.2 Å². The third-order valence-electron chi connectivity index (χ3n) is 3.20. The second-order valence-electron chi connectivity index (χ2n) is 4.70. The Morgan fingerprint density at radius 3 is 2.70 bits per heavy atom. The largest absolute Gasteiger partial charge is 0.460 e. The van der Waals surface area contributed by atoms with E-state index in [1.807, 2.05) is 6.07 Å². The van der Waals surface area contributed by atoms with E-state index in [0.29, 0.717) is 10.9 Å². The molecule has 0 unspecified atom stereocenters. The van der Waals surface area contributed by atoms with Crippen molar-refractivity contribution < 1.29 is 18.7 Å². The number of carbonyl (C=O) groups is 2. The Balaban J connectivity index is 2.02. The van der Waals surface area contributed by atoms with Crippen LogP contribution in [0.15, 0.2) is 53.1 Å². The van der Waals surface area contributed by atoms with Gasteiger partial charge in [-0.15, -0.1) is 0 Å². The lowest BCUT2D eigenvalue weighted by atomic mass is 10.2. The highest BCUT2D eigenvalue weighted by Crippen LogP contribution is 2.30.